The monoisotopic (exact) mass is 237 g/mol. The Kier molecular flexibility index (Phi) is 5.69. The zero-order valence-corrected chi connectivity index (χ0v) is 11.6. The summed E-state index contributed by atoms with van der Waals surface area (Å²) in [5, 5.41) is 14.6. The fourth-order valence-electron chi connectivity index (χ4n) is 2.37. The Morgan fingerprint density at radius 3 is 2.12 bits per heavy atom. The molecule has 0 saturated heterocycles. The molecule has 3 nitrogen and oxygen atoms in total. The van der Waals surface area contributed by atoms with Crippen molar-refractivity contribution < 1.29 is 0 Å². The molecule has 1 aliphatic rings. The molecule has 1 aliphatic carbocycles. The van der Waals surface area contributed by atoms with E-state index in [9.17, 15) is 0 Å². The van der Waals surface area contributed by atoms with Crippen LogP contribution in [0.15, 0.2) is 11.8 Å². The van der Waals surface area contributed by atoms with Gasteiger partial charge >= 0.3 is 0 Å². The summed E-state index contributed by atoms with van der Waals surface area (Å²) in [4.78, 5) is 0. The van der Waals surface area contributed by atoms with E-state index in [-0.39, 0.29) is 0 Å². The first kappa shape index (κ1) is 14.2. The van der Waals surface area contributed by atoms with Gasteiger partial charge in [-0.25, -0.2) is 0 Å². The van der Waals surface area contributed by atoms with Gasteiger partial charge in [-0.3, -0.25) is 0 Å². The Labute approximate surface area is 106 Å². The molecule has 0 aromatic heterocycles. The first-order valence-corrected chi connectivity index (χ1v) is 6.73. The molecule has 0 aliphatic heterocycles. The summed E-state index contributed by atoms with van der Waals surface area (Å²) in [5.74, 6) is 0.470. The molecule has 98 valence electrons. The van der Waals surface area contributed by atoms with Gasteiger partial charge in [0.1, 0.15) is 0 Å². The summed E-state index contributed by atoms with van der Waals surface area (Å²) in [6, 6.07) is 1.29. The predicted octanol–water partition coefficient (Wildman–Crippen LogP) is 2.69. The van der Waals surface area contributed by atoms with E-state index < -0.39 is 0 Å². The van der Waals surface area contributed by atoms with Gasteiger partial charge in [0.25, 0.3) is 0 Å². The lowest BCUT2D eigenvalue weighted by atomic mass is 9.90. The normalized spacial score (nSPS) is 26.1. The molecule has 1 fully saturated rings. The van der Waals surface area contributed by atoms with Gasteiger partial charge in [0.05, 0.1) is 0 Å². The van der Waals surface area contributed by atoms with Gasteiger partial charge in [0, 0.05) is 23.5 Å². The van der Waals surface area contributed by atoms with Gasteiger partial charge in [-0.2, -0.15) is 0 Å². The molecule has 0 atom stereocenters. The Morgan fingerprint density at radius 2 is 1.71 bits per heavy atom. The van der Waals surface area contributed by atoms with E-state index in [1.165, 1.54) is 31.4 Å². The highest BCUT2D eigenvalue weighted by Crippen LogP contribution is 2.20. The summed E-state index contributed by atoms with van der Waals surface area (Å²) < 4.78 is 0. The minimum absolute atomic E-state index is 0.470. The third-order valence-electron chi connectivity index (χ3n) is 3.50. The number of rotatable bonds is 5. The fourth-order valence-corrected chi connectivity index (χ4v) is 2.37. The van der Waals surface area contributed by atoms with Gasteiger partial charge in [-0.05, 0) is 51.6 Å². The Bertz CT molecular complexity index is 273. The molecule has 3 heteroatoms. The lowest BCUT2D eigenvalue weighted by Crippen LogP contribution is -2.39. The van der Waals surface area contributed by atoms with Crippen molar-refractivity contribution in [3.63, 3.8) is 0 Å². The molecule has 0 aromatic carbocycles. The number of nitrogens with one attached hydrogen (secondary N) is 3. The largest absolute Gasteiger partial charge is 0.385 e. The van der Waals surface area contributed by atoms with Gasteiger partial charge in [-0.1, -0.05) is 13.8 Å². The van der Waals surface area contributed by atoms with Gasteiger partial charge in [0.2, 0.25) is 0 Å². The number of hydrogen-bond donors (Lipinski definition) is 3. The Hall–Kier alpha value is -0.830. The molecule has 0 aromatic rings. The van der Waals surface area contributed by atoms with Gasteiger partial charge < -0.3 is 16.0 Å². The maximum atomic E-state index is 7.57. The molecule has 0 unspecified atom stereocenters. The minimum Gasteiger partial charge on any atom is -0.385 e. The van der Waals surface area contributed by atoms with Crippen LogP contribution in [0.2, 0.25) is 0 Å². The summed E-state index contributed by atoms with van der Waals surface area (Å²) in [7, 11) is 2.05. The van der Waals surface area contributed by atoms with Crippen molar-refractivity contribution in [2.45, 2.75) is 58.5 Å². The van der Waals surface area contributed by atoms with Crippen molar-refractivity contribution >= 4 is 5.71 Å². The van der Waals surface area contributed by atoms with Crippen LogP contribution in [0, 0.1) is 11.3 Å². The number of allylic oxidation sites excluding steroid dienone is 2. The van der Waals surface area contributed by atoms with Gasteiger partial charge in [0.15, 0.2) is 0 Å². The topological polar surface area (TPSA) is 47.9 Å². The van der Waals surface area contributed by atoms with Crippen molar-refractivity contribution in [1.82, 2.24) is 10.6 Å². The minimum atomic E-state index is 0.470. The standard InChI is InChI=1S/C14H27N3/c1-10(2)14(9-11(3)15)17-13-7-5-12(16-4)6-8-13/h9-10,12-13,15-17H,5-8H2,1-4H3/b14-9-,15-11?. The number of hydrogen-bond acceptors (Lipinski definition) is 3. The maximum Gasteiger partial charge on any atom is 0.0300 e. The highest BCUT2D eigenvalue weighted by molar-refractivity contribution is 5.90. The van der Waals surface area contributed by atoms with Crippen molar-refractivity contribution in [2.75, 3.05) is 7.05 Å². The molecule has 17 heavy (non-hydrogen) atoms. The molecule has 0 spiro atoms. The summed E-state index contributed by atoms with van der Waals surface area (Å²) in [6.07, 6.45) is 6.93. The highest BCUT2D eigenvalue weighted by Gasteiger charge is 2.20. The van der Waals surface area contributed by atoms with E-state index in [4.69, 9.17) is 5.41 Å². The van der Waals surface area contributed by atoms with Crippen LogP contribution in [0.4, 0.5) is 0 Å². The van der Waals surface area contributed by atoms with Crippen LogP contribution in [0.25, 0.3) is 0 Å². The SMILES string of the molecule is CNC1CCC(N/C(=C\C(C)=N)C(C)C)CC1. The average Bonchev–Trinajstić information content (AvgIpc) is 2.28. The van der Waals surface area contributed by atoms with Crippen LogP contribution in [0.5, 0.6) is 0 Å². The maximum absolute atomic E-state index is 7.57. The average molecular weight is 237 g/mol. The molecule has 1 saturated carbocycles. The van der Waals surface area contributed by atoms with Crippen molar-refractivity contribution in [2.24, 2.45) is 5.92 Å². The zero-order chi connectivity index (χ0) is 12.8. The molecule has 1 rings (SSSR count). The molecule has 0 radical (unpaired) electrons. The van der Waals surface area contributed by atoms with E-state index in [1.54, 1.807) is 0 Å². The second kappa shape index (κ2) is 6.80. The highest BCUT2D eigenvalue weighted by atomic mass is 14.9. The van der Waals surface area contributed by atoms with Crippen LogP contribution in [0.1, 0.15) is 46.5 Å². The van der Waals surface area contributed by atoms with E-state index >= 15 is 0 Å². The molecule has 3 N–H and O–H groups in total. The van der Waals surface area contributed by atoms with Crippen LogP contribution in [-0.4, -0.2) is 24.8 Å². The van der Waals surface area contributed by atoms with E-state index in [0.717, 1.165) is 0 Å². The van der Waals surface area contributed by atoms with Crippen molar-refractivity contribution in [3.05, 3.63) is 11.8 Å². The quantitative estimate of drug-likeness (QED) is 0.644. The summed E-state index contributed by atoms with van der Waals surface area (Å²) >= 11 is 0. The molecule has 0 bridgehead atoms. The van der Waals surface area contributed by atoms with Crippen LogP contribution in [-0.2, 0) is 0 Å². The predicted molar refractivity (Wildman–Crippen MR) is 74.6 cm³/mol. The van der Waals surface area contributed by atoms with Crippen LogP contribution < -0.4 is 10.6 Å². The van der Waals surface area contributed by atoms with E-state index in [2.05, 4.69) is 31.5 Å². The van der Waals surface area contributed by atoms with Crippen molar-refractivity contribution in [3.8, 4) is 0 Å². The molecule has 0 heterocycles. The summed E-state index contributed by atoms with van der Waals surface area (Å²) in [5.41, 5.74) is 1.84. The molecule has 0 amide bonds. The summed E-state index contributed by atoms with van der Waals surface area (Å²) in [6.45, 7) is 6.20. The van der Waals surface area contributed by atoms with Crippen LogP contribution in [0.3, 0.4) is 0 Å². The molecular weight excluding hydrogens is 210 g/mol. The zero-order valence-electron chi connectivity index (χ0n) is 11.6. The Morgan fingerprint density at radius 1 is 1.18 bits per heavy atom. The lowest BCUT2D eigenvalue weighted by molar-refractivity contribution is 0.326. The lowest BCUT2D eigenvalue weighted by Gasteiger charge is -2.31. The van der Waals surface area contributed by atoms with E-state index in [0.29, 0.717) is 23.7 Å². The van der Waals surface area contributed by atoms with Gasteiger partial charge in [-0.15, -0.1) is 0 Å². The third kappa shape index (κ3) is 4.90. The Balaban J connectivity index is 2.49. The second-order valence-corrected chi connectivity index (χ2v) is 5.42. The third-order valence-corrected chi connectivity index (χ3v) is 3.50. The molecular formula is C14H27N3. The smallest absolute Gasteiger partial charge is 0.0300 e. The van der Waals surface area contributed by atoms with Crippen molar-refractivity contribution in [1.29, 1.82) is 5.41 Å². The van der Waals surface area contributed by atoms with Crippen LogP contribution >= 0.6 is 0 Å². The van der Waals surface area contributed by atoms with E-state index in [1.807, 2.05) is 13.0 Å². The first-order valence-electron chi connectivity index (χ1n) is 6.73. The first-order chi connectivity index (χ1) is 8.02. The fraction of sp³-hybridized carbons (Fsp3) is 0.786. The second-order valence-electron chi connectivity index (χ2n) is 5.42.